The van der Waals surface area contributed by atoms with Gasteiger partial charge in [0.1, 0.15) is 23.1 Å². The lowest BCUT2D eigenvalue weighted by Gasteiger charge is -2.17. The minimum atomic E-state index is -1.35. The van der Waals surface area contributed by atoms with Crippen LogP contribution in [-0.4, -0.2) is 41.1 Å². The molecule has 0 saturated carbocycles. The molecule has 0 aromatic heterocycles. The second-order valence-electron chi connectivity index (χ2n) is 5.70. The van der Waals surface area contributed by atoms with Crippen molar-refractivity contribution in [3.05, 3.63) is 48.0 Å². The third kappa shape index (κ3) is 3.16. The summed E-state index contributed by atoms with van der Waals surface area (Å²) in [7, 11) is 1.54. The van der Waals surface area contributed by atoms with E-state index in [1.54, 1.807) is 31.4 Å². The maximum Gasteiger partial charge on any atom is 0.339 e. The van der Waals surface area contributed by atoms with E-state index in [9.17, 15) is 19.5 Å². The van der Waals surface area contributed by atoms with Crippen molar-refractivity contribution in [2.24, 2.45) is 0 Å². The van der Waals surface area contributed by atoms with Crippen LogP contribution in [0.1, 0.15) is 16.8 Å². The van der Waals surface area contributed by atoms with Crippen LogP contribution in [0, 0.1) is 0 Å². The first-order chi connectivity index (χ1) is 12.4. The lowest BCUT2D eigenvalue weighted by molar-refractivity contribution is -0.121. The van der Waals surface area contributed by atoms with E-state index in [1.807, 2.05) is 0 Å². The molecule has 3 N–H and O–H groups in total. The zero-order valence-corrected chi connectivity index (χ0v) is 13.8. The van der Waals surface area contributed by atoms with Crippen molar-refractivity contribution in [2.75, 3.05) is 17.3 Å². The first-order valence-electron chi connectivity index (χ1n) is 7.74. The first kappa shape index (κ1) is 17.3. The van der Waals surface area contributed by atoms with E-state index in [-0.39, 0.29) is 17.7 Å². The molecule has 1 saturated heterocycles. The van der Waals surface area contributed by atoms with Crippen LogP contribution in [0.3, 0.4) is 0 Å². The molecule has 8 heteroatoms. The Bertz CT molecular complexity index is 878. The van der Waals surface area contributed by atoms with Crippen LogP contribution in [0.5, 0.6) is 11.5 Å². The molecule has 3 rings (SSSR count). The Balaban J connectivity index is 1.82. The quantitative estimate of drug-likeness (QED) is 0.700. The van der Waals surface area contributed by atoms with Gasteiger partial charge in [0.25, 0.3) is 5.91 Å². The number of aromatic hydroxyl groups is 1. The molecule has 2 amide bonds. The molecule has 134 valence electrons. The summed E-state index contributed by atoms with van der Waals surface area (Å²) in [5, 5.41) is 21.6. The van der Waals surface area contributed by atoms with E-state index in [1.165, 1.54) is 6.07 Å². The molecule has 0 spiro atoms. The summed E-state index contributed by atoms with van der Waals surface area (Å²) >= 11 is 0. The molecular formula is C18H16N2O6. The van der Waals surface area contributed by atoms with Gasteiger partial charge in [0.05, 0.1) is 19.2 Å². The summed E-state index contributed by atoms with van der Waals surface area (Å²) in [5.74, 6) is -2.07. The van der Waals surface area contributed by atoms with E-state index in [0.717, 1.165) is 17.0 Å². The van der Waals surface area contributed by atoms with Crippen LogP contribution in [-0.2, 0) is 9.59 Å². The molecule has 1 unspecified atom stereocenters. The summed E-state index contributed by atoms with van der Waals surface area (Å²) in [6.45, 7) is 0. The highest BCUT2D eigenvalue weighted by Gasteiger charge is 2.40. The van der Waals surface area contributed by atoms with E-state index in [0.29, 0.717) is 11.4 Å². The molecule has 1 aliphatic rings. The smallest absolute Gasteiger partial charge is 0.339 e. The molecule has 8 nitrogen and oxygen atoms in total. The van der Waals surface area contributed by atoms with Gasteiger partial charge in [-0.05, 0) is 42.5 Å². The number of carboxylic acids is 1. The molecule has 1 heterocycles. The van der Waals surface area contributed by atoms with Gasteiger partial charge in [-0.3, -0.25) is 9.59 Å². The fourth-order valence-electron chi connectivity index (χ4n) is 2.74. The van der Waals surface area contributed by atoms with Crippen molar-refractivity contribution >= 4 is 29.2 Å². The number of amides is 2. The Morgan fingerprint density at radius 2 is 1.88 bits per heavy atom. The zero-order chi connectivity index (χ0) is 18.8. The maximum absolute atomic E-state index is 12.6. The number of aromatic carboxylic acids is 1. The lowest BCUT2D eigenvalue weighted by Crippen LogP contribution is -2.34. The number of carbonyl (C=O) groups is 3. The van der Waals surface area contributed by atoms with Crippen LogP contribution >= 0.6 is 0 Å². The minimum absolute atomic E-state index is 0.0614. The number of rotatable bonds is 5. The number of benzene rings is 2. The van der Waals surface area contributed by atoms with Gasteiger partial charge in [0.2, 0.25) is 5.91 Å². The van der Waals surface area contributed by atoms with Gasteiger partial charge in [0, 0.05) is 5.69 Å². The highest BCUT2D eigenvalue weighted by molar-refractivity contribution is 6.23. The summed E-state index contributed by atoms with van der Waals surface area (Å²) in [6, 6.07) is 9.70. The van der Waals surface area contributed by atoms with Crippen molar-refractivity contribution in [3.63, 3.8) is 0 Å². The summed E-state index contributed by atoms with van der Waals surface area (Å²) < 4.78 is 5.07. The zero-order valence-electron chi connectivity index (χ0n) is 13.8. The van der Waals surface area contributed by atoms with Crippen LogP contribution in [0.4, 0.5) is 11.4 Å². The standard InChI is InChI=1S/C18H16N2O6/c1-26-12-5-2-10(3-6-12)19-14-9-16(22)20(17(14)23)11-4-7-15(21)13(8-11)18(24)25/h2-8,14,19,21H,9H2,1H3,(H,24,25). The van der Waals surface area contributed by atoms with Crippen molar-refractivity contribution in [2.45, 2.75) is 12.5 Å². The van der Waals surface area contributed by atoms with Gasteiger partial charge < -0.3 is 20.3 Å². The molecule has 1 fully saturated rings. The number of ether oxygens (including phenoxy) is 1. The predicted octanol–water partition coefficient (Wildman–Crippen LogP) is 1.84. The highest BCUT2D eigenvalue weighted by Crippen LogP contribution is 2.29. The number of anilines is 2. The van der Waals surface area contributed by atoms with Crippen molar-refractivity contribution < 1.29 is 29.3 Å². The Labute approximate surface area is 148 Å². The fraction of sp³-hybridized carbons (Fsp3) is 0.167. The van der Waals surface area contributed by atoms with Gasteiger partial charge in [-0.15, -0.1) is 0 Å². The van der Waals surface area contributed by atoms with Gasteiger partial charge in [0.15, 0.2) is 0 Å². The van der Waals surface area contributed by atoms with Gasteiger partial charge in [-0.1, -0.05) is 0 Å². The minimum Gasteiger partial charge on any atom is -0.507 e. The maximum atomic E-state index is 12.6. The van der Waals surface area contributed by atoms with Gasteiger partial charge in [-0.2, -0.15) is 0 Å². The largest absolute Gasteiger partial charge is 0.507 e. The molecule has 0 bridgehead atoms. The molecule has 0 aliphatic carbocycles. The number of hydrogen-bond acceptors (Lipinski definition) is 6. The second kappa shape index (κ2) is 6.75. The average Bonchev–Trinajstić information content (AvgIpc) is 2.89. The van der Waals surface area contributed by atoms with E-state index < -0.39 is 29.6 Å². The molecular weight excluding hydrogens is 340 g/mol. The van der Waals surface area contributed by atoms with Crippen LogP contribution < -0.4 is 15.0 Å². The number of phenols is 1. The number of carboxylic acid groups (broad SMARTS) is 1. The number of imide groups is 1. The molecule has 1 atom stereocenters. The topological polar surface area (TPSA) is 116 Å². The second-order valence-corrected chi connectivity index (χ2v) is 5.70. The highest BCUT2D eigenvalue weighted by atomic mass is 16.5. The third-order valence-electron chi connectivity index (χ3n) is 4.05. The normalized spacial score (nSPS) is 16.7. The average molecular weight is 356 g/mol. The van der Waals surface area contributed by atoms with Crippen LogP contribution in [0.25, 0.3) is 0 Å². The van der Waals surface area contributed by atoms with Crippen molar-refractivity contribution in [3.8, 4) is 11.5 Å². The van der Waals surface area contributed by atoms with Gasteiger partial charge in [-0.25, -0.2) is 9.69 Å². The number of hydrogen-bond donors (Lipinski definition) is 3. The third-order valence-corrected chi connectivity index (χ3v) is 4.05. The predicted molar refractivity (Wildman–Crippen MR) is 92.6 cm³/mol. The molecule has 26 heavy (non-hydrogen) atoms. The van der Waals surface area contributed by atoms with E-state index in [2.05, 4.69) is 5.32 Å². The molecule has 2 aromatic carbocycles. The van der Waals surface area contributed by atoms with E-state index >= 15 is 0 Å². The molecule has 2 aromatic rings. The van der Waals surface area contributed by atoms with Crippen molar-refractivity contribution in [1.82, 2.24) is 0 Å². The van der Waals surface area contributed by atoms with Crippen LogP contribution in [0.15, 0.2) is 42.5 Å². The number of methoxy groups -OCH3 is 1. The SMILES string of the molecule is COc1ccc(NC2CC(=O)N(c3ccc(O)c(C(=O)O)c3)C2=O)cc1. The number of nitrogens with zero attached hydrogens (tertiary/aromatic N) is 1. The van der Waals surface area contributed by atoms with Crippen LogP contribution in [0.2, 0.25) is 0 Å². The Kier molecular flexibility index (Phi) is 4.49. The summed E-state index contributed by atoms with van der Waals surface area (Å²) in [5.41, 5.74) is 0.375. The van der Waals surface area contributed by atoms with E-state index in [4.69, 9.17) is 9.84 Å². The van der Waals surface area contributed by atoms with Crippen molar-refractivity contribution in [1.29, 1.82) is 0 Å². The Morgan fingerprint density at radius 1 is 1.19 bits per heavy atom. The molecule has 0 radical (unpaired) electrons. The Morgan fingerprint density at radius 3 is 2.50 bits per heavy atom. The summed E-state index contributed by atoms with van der Waals surface area (Å²) in [6.07, 6.45) is -0.0614. The molecule has 1 aliphatic heterocycles. The van der Waals surface area contributed by atoms with Gasteiger partial charge >= 0.3 is 5.97 Å². The summed E-state index contributed by atoms with van der Waals surface area (Å²) in [4.78, 5) is 37.0. The Hall–Kier alpha value is -3.55. The number of carbonyl (C=O) groups excluding carboxylic acids is 2. The lowest BCUT2D eigenvalue weighted by atomic mass is 10.1. The monoisotopic (exact) mass is 356 g/mol. The number of nitrogens with one attached hydrogen (secondary N) is 1. The first-order valence-corrected chi connectivity index (χ1v) is 7.74. The fourth-order valence-corrected chi connectivity index (χ4v) is 2.74.